The van der Waals surface area contributed by atoms with Crippen molar-refractivity contribution in [2.45, 2.75) is 42.9 Å². The van der Waals surface area contributed by atoms with Gasteiger partial charge < -0.3 is 19.4 Å². The second-order valence-corrected chi connectivity index (χ2v) is 10.9. The van der Waals surface area contributed by atoms with Gasteiger partial charge >= 0.3 is 6.18 Å². The van der Waals surface area contributed by atoms with Gasteiger partial charge in [0.05, 0.1) is 24.1 Å². The summed E-state index contributed by atoms with van der Waals surface area (Å²) >= 11 is 4.65. The molecule has 1 aromatic carbocycles. The number of hydrogen-bond acceptors (Lipinski definition) is 8. The van der Waals surface area contributed by atoms with Gasteiger partial charge in [0.15, 0.2) is 22.8 Å². The Morgan fingerprint density at radius 3 is 2.52 bits per heavy atom. The van der Waals surface area contributed by atoms with Gasteiger partial charge in [0.25, 0.3) is 5.91 Å². The minimum atomic E-state index is -4.83. The number of carbonyl (C=O) groups is 1. The van der Waals surface area contributed by atoms with E-state index in [-0.39, 0.29) is 11.4 Å². The molecule has 1 unspecified atom stereocenters. The first-order valence-electron chi connectivity index (χ1n) is 13.2. The van der Waals surface area contributed by atoms with Crippen LogP contribution in [0.5, 0.6) is 5.75 Å². The van der Waals surface area contributed by atoms with Crippen molar-refractivity contribution in [1.82, 2.24) is 14.8 Å². The maximum absolute atomic E-state index is 14.7. The van der Waals surface area contributed by atoms with Gasteiger partial charge in [-0.2, -0.15) is 18.4 Å². The maximum Gasteiger partial charge on any atom is 0.419 e. The molecule has 0 radical (unpaired) electrons. The highest BCUT2D eigenvalue weighted by atomic mass is 32.1. The summed E-state index contributed by atoms with van der Waals surface area (Å²) in [4.78, 5) is 24.9. The van der Waals surface area contributed by atoms with E-state index in [1.165, 1.54) is 24.3 Å². The summed E-state index contributed by atoms with van der Waals surface area (Å²) in [5, 5.41) is 9.10. The average Bonchev–Trinajstić information content (AvgIpc) is 3.14. The van der Waals surface area contributed by atoms with Crippen LogP contribution >= 0.6 is 12.6 Å². The van der Waals surface area contributed by atoms with Crippen LogP contribution in [0, 0.1) is 17.1 Å². The monoisotopic (exact) mass is 578 g/mol. The molecule has 3 aliphatic rings. The first-order valence-corrected chi connectivity index (χ1v) is 13.7. The van der Waals surface area contributed by atoms with Crippen LogP contribution in [-0.4, -0.2) is 78.1 Å². The van der Waals surface area contributed by atoms with Gasteiger partial charge in [0, 0.05) is 44.5 Å². The van der Waals surface area contributed by atoms with E-state index in [1.54, 1.807) is 4.90 Å². The molecule has 13 heteroatoms. The van der Waals surface area contributed by atoms with Crippen molar-refractivity contribution >= 4 is 29.9 Å². The molecule has 1 aromatic heterocycles. The topological polar surface area (TPSA) is 75.9 Å². The largest absolute Gasteiger partial charge is 0.490 e. The number of hydrogen-bond donors (Lipinski definition) is 1. The van der Waals surface area contributed by atoms with Crippen molar-refractivity contribution in [2.24, 2.45) is 0 Å². The average molecular weight is 579 g/mol. The number of likely N-dealkylation sites (N-methyl/N-ethyl adjacent to an activating group) is 1. The lowest BCUT2D eigenvalue weighted by Crippen LogP contribution is -2.55. The maximum atomic E-state index is 14.7. The van der Waals surface area contributed by atoms with Crippen LogP contribution in [0.4, 0.5) is 28.9 Å². The molecule has 1 aliphatic carbocycles. The lowest BCUT2D eigenvalue weighted by Gasteiger charge is -2.44. The fourth-order valence-electron chi connectivity index (χ4n) is 5.55. The molecule has 8 nitrogen and oxygen atoms in total. The predicted molar refractivity (Wildman–Crippen MR) is 144 cm³/mol. The van der Waals surface area contributed by atoms with Gasteiger partial charge in [0.1, 0.15) is 11.6 Å². The van der Waals surface area contributed by atoms with Crippen LogP contribution in [0.15, 0.2) is 30.5 Å². The molecule has 2 saturated heterocycles. The summed E-state index contributed by atoms with van der Waals surface area (Å²) in [5.41, 5.74) is -3.66. The number of pyridine rings is 1. The number of nitrogens with zero attached hydrogens (tertiary/aromatic N) is 6. The third kappa shape index (κ3) is 5.20. The Bertz CT molecular complexity index is 1310. The molecule has 1 atom stereocenters. The van der Waals surface area contributed by atoms with Gasteiger partial charge in [-0.15, -0.1) is 12.6 Å². The number of piperazine rings is 1. The van der Waals surface area contributed by atoms with E-state index in [9.17, 15) is 22.4 Å². The Hall–Kier alpha value is -3.08. The highest BCUT2D eigenvalue weighted by Gasteiger charge is 2.60. The zero-order valence-corrected chi connectivity index (χ0v) is 22.9. The van der Waals surface area contributed by atoms with E-state index in [2.05, 4.69) is 34.5 Å². The molecule has 2 aromatic rings. The highest BCUT2D eigenvalue weighted by Crippen LogP contribution is 2.51. The number of alkyl halides is 3. The third-order valence-corrected chi connectivity index (χ3v) is 8.41. The molecule has 214 valence electrons. The van der Waals surface area contributed by atoms with Crippen molar-refractivity contribution in [3.63, 3.8) is 0 Å². The van der Waals surface area contributed by atoms with Crippen LogP contribution in [0.3, 0.4) is 0 Å². The molecule has 0 bridgehead atoms. The quantitative estimate of drug-likeness (QED) is 0.301. The number of aromatic nitrogens is 1. The van der Waals surface area contributed by atoms with Gasteiger partial charge in [-0.3, -0.25) is 9.69 Å². The van der Waals surface area contributed by atoms with E-state index in [0.29, 0.717) is 25.1 Å². The van der Waals surface area contributed by atoms with Gasteiger partial charge in [-0.05, 0) is 50.9 Å². The number of benzene rings is 1. The first-order chi connectivity index (χ1) is 19.0. The van der Waals surface area contributed by atoms with E-state index in [0.717, 1.165) is 62.7 Å². The molecule has 3 fully saturated rings. The number of amides is 1. The minimum absolute atomic E-state index is 0.0381. The molecule has 1 amide bonds. The molecule has 3 heterocycles. The molecule has 0 N–H and O–H groups in total. The number of anilines is 2. The normalized spacial score (nSPS) is 21.5. The fourth-order valence-corrected chi connectivity index (χ4v) is 6.14. The SMILES string of the molecule is CN1CCN(CCCOc2cc(N3C(S)N(c4cnc(C#N)c(C(F)(F)F)c4)C(=O)C34CCC4)ccc2F)CC1. The van der Waals surface area contributed by atoms with Crippen LogP contribution in [0.1, 0.15) is 36.9 Å². The molecular formula is C27H30F4N6O2S. The van der Waals surface area contributed by atoms with Crippen molar-refractivity contribution < 1.29 is 27.1 Å². The number of rotatable bonds is 7. The van der Waals surface area contributed by atoms with Crippen molar-refractivity contribution in [3.8, 4) is 11.8 Å². The number of halogens is 4. The predicted octanol–water partition coefficient (Wildman–Crippen LogP) is 4.12. The van der Waals surface area contributed by atoms with E-state index in [4.69, 9.17) is 10.00 Å². The molecule has 1 spiro atoms. The highest BCUT2D eigenvalue weighted by molar-refractivity contribution is 7.81. The van der Waals surface area contributed by atoms with Crippen molar-refractivity contribution in [3.05, 3.63) is 47.5 Å². The summed E-state index contributed by atoms with van der Waals surface area (Å²) in [6.45, 7) is 5.11. The van der Waals surface area contributed by atoms with Gasteiger partial charge in [-0.1, -0.05) is 0 Å². The molecule has 40 heavy (non-hydrogen) atoms. The molecule has 2 aliphatic heterocycles. The zero-order chi connectivity index (χ0) is 28.7. The first kappa shape index (κ1) is 28.4. The zero-order valence-electron chi connectivity index (χ0n) is 22.0. The van der Waals surface area contributed by atoms with E-state index < -0.39 is 40.2 Å². The second-order valence-electron chi connectivity index (χ2n) is 10.4. The Morgan fingerprint density at radius 2 is 1.90 bits per heavy atom. The number of ether oxygens (including phenoxy) is 1. The van der Waals surface area contributed by atoms with E-state index in [1.807, 2.05) is 0 Å². The summed E-state index contributed by atoms with van der Waals surface area (Å²) in [7, 11) is 2.09. The van der Waals surface area contributed by atoms with Gasteiger partial charge in [0.2, 0.25) is 0 Å². The Labute approximate surface area is 235 Å². The van der Waals surface area contributed by atoms with Crippen LogP contribution in [-0.2, 0) is 11.0 Å². The molecule has 1 saturated carbocycles. The van der Waals surface area contributed by atoms with Crippen molar-refractivity contribution in [2.75, 3.05) is 56.2 Å². The van der Waals surface area contributed by atoms with Crippen LogP contribution in [0.2, 0.25) is 0 Å². The van der Waals surface area contributed by atoms with Crippen LogP contribution in [0.25, 0.3) is 0 Å². The number of carbonyl (C=O) groups excluding carboxylic acids is 1. The summed E-state index contributed by atoms with van der Waals surface area (Å²) in [6.07, 6.45) is -1.36. The number of nitriles is 1. The second kappa shape index (κ2) is 11.1. The summed E-state index contributed by atoms with van der Waals surface area (Å²) < 4.78 is 61.4. The lowest BCUT2D eigenvalue weighted by atomic mass is 9.75. The minimum Gasteiger partial charge on any atom is -0.490 e. The van der Waals surface area contributed by atoms with E-state index >= 15 is 0 Å². The Morgan fingerprint density at radius 1 is 1.18 bits per heavy atom. The molecular weight excluding hydrogens is 548 g/mol. The summed E-state index contributed by atoms with van der Waals surface area (Å²) in [6, 6.07) is 6.50. The standard InChI is InChI=1S/C27H30F4N6O2S/c1-34-9-11-35(12-10-34)8-3-13-39-23-15-18(4-5-21(23)28)37-25(40)36(24(38)26(37)6-2-7-26)19-14-20(27(29,30)31)22(16-32)33-17-19/h4-5,14-15,17,25,40H,2-3,6-13H2,1H3. The third-order valence-electron chi connectivity index (χ3n) is 7.95. The molecule has 5 rings (SSSR count). The lowest BCUT2D eigenvalue weighted by molar-refractivity contribution is -0.138. The van der Waals surface area contributed by atoms with Crippen molar-refractivity contribution in [1.29, 1.82) is 5.26 Å². The Kier molecular flexibility index (Phi) is 7.87. The fraction of sp³-hybridized carbons (Fsp3) is 0.519. The Balaban J connectivity index is 1.37. The van der Waals surface area contributed by atoms with Gasteiger partial charge in [-0.25, -0.2) is 9.37 Å². The van der Waals surface area contributed by atoms with Crippen LogP contribution < -0.4 is 14.5 Å². The number of thiol groups is 1. The summed E-state index contributed by atoms with van der Waals surface area (Å²) in [5.74, 6) is -0.927. The smallest absolute Gasteiger partial charge is 0.419 e.